The molecule has 2 nitrogen and oxygen atoms in total. The fourth-order valence-corrected chi connectivity index (χ4v) is 3.70. The van der Waals surface area contributed by atoms with Gasteiger partial charge in [0.1, 0.15) is 0 Å². The molecule has 0 spiro atoms. The van der Waals surface area contributed by atoms with Crippen LogP contribution in [-0.2, 0) is 6.42 Å². The van der Waals surface area contributed by atoms with E-state index in [1.807, 2.05) is 12.3 Å². The highest BCUT2D eigenvalue weighted by Crippen LogP contribution is 2.32. The molecular weight excluding hydrogens is 320 g/mol. The summed E-state index contributed by atoms with van der Waals surface area (Å²) in [5.41, 5.74) is 3.75. The first-order valence-electron chi connectivity index (χ1n) is 6.66. The van der Waals surface area contributed by atoms with Crippen LogP contribution < -0.4 is 5.32 Å². The first-order chi connectivity index (χ1) is 9.27. The van der Waals surface area contributed by atoms with E-state index in [1.54, 1.807) is 11.3 Å². The number of rotatable bonds is 6. The molecular formula is C15H19BrN2S. The van der Waals surface area contributed by atoms with Gasteiger partial charge in [0.25, 0.3) is 0 Å². The largest absolute Gasteiger partial charge is 0.305 e. The minimum absolute atomic E-state index is 0.178. The summed E-state index contributed by atoms with van der Waals surface area (Å²) in [5, 5.41) is 7.95. The summed E-state index contributed by atoms with van der Waals surface area (Å²) in [6, 6.07) is 4.36. The fraction of sp³-hybridized carbons (Fsp3) is 0.400. The van der Waals surface area contributed by atoms with Crippen molar-refractivity contribution in [3.63, 3.8) is 0 Å². The smallest absolute Gasteiger partial charge is 0.0773 e. The molecule has 0 bridgehead atoms. The van der Waals surface area contributed by atoms with Gasteiger partial charge >= 0.3 is 0 Å². The van der Waals surface area contributed by atoms with Crippen LogP contribution in [0.4, 0.5) is 0 Å². The number of nitrogens with one attached hydrogen (secondary N) is 1. The number of aryl methyl sites for hydroxylation is 1. The van der Waals surface area contributed by atoms with Gasteiger partial charge in [-0.3, -0.25) is 4.98 Å². The molecule has 102 valence electrons. The maximum Gasteiger partial charge on any atom is 0.0773 e. The third-order valence-electron chi connectivity index (χ3n) is 3.13. The van der Waals surface area contributed by atoms with Crippen molar-refractivity contribution in [2.45, 2.75) is 32.7 Å². The molecule has 0 saturated heterocycles. The summed E-state index contributed by atoms with van der Waals surface area (Å²) in [7, 11) is 0. The number of thiophene rings is 1. The molecule has 2 rings (SSSR count). The number of hydrogen-bond donors (Lipinski definition) is 1. The van der Waals surface area contributed by atoms with Gasteiger partial charge in [0, 0.05) is 21.6 Å². The molecule has 1 atom stereocenters. The molecule has 0 amide bonds. The minimum Gasteiger partial charge on any atom is -0.305 e. The highest BCUT2D eigenvalue weighted by molar-refractivity contribution is 9.10. The molecule has 4 heteroatoms. The van der Waals surface area contributed by atoms with Crippen LogP contribution in [0.15, 0.2) is 33.6 Å². The Morgan fingerprint density at radius 3 is 2.84 bits per heavy atom. The molecule has 1 N–H and O–H groups in total. The second kappa shape index (κ2) is 7.17. The second-order valence-corrected chi connectivity index (χ2v) is 6.06. The average molecular weight is 339 g/mol. The zero-order valence-electron chi connectivity index (χ0n) is 11.3. The monoisotopic (exact) mass is 338 g/mol. The van der Waals surface area contributed by atoms with Gasteiger partial charge in [-0.25, -0.2) is 0 Å². The van der Waals surface area contributed by atoms with Crippen molar-refractivity contribution in [3.8, 4) is 0 Å². The summed E-state index contributed by atoms with van der Waals surface area (Å²) in [5.74, 6) is 0. The number of aromatic nitrogens is 1. The third kappa shape index (κ3) is 3.44. The first-order valence-corrected chi connectivity index (χ1v) is 8.40. The van der Waals surface area contributed by atoms with Crippen LogP contribution in [0.25, 0.3) is 0 Å². The molecule has 0 aliphatic rings. The molecule has 19 heavy (non-hydrogen) atoms. The predicted octanol–water partition coefficient (Wildman–Crippen LogP) is 4.56. The Morgan fingerprint density at radius 1 is 1.37 bits per heavy atom. The van der Waals surface area contributed by atoms with Crippen molar-refractivity contribution in [2.75, 3.05) is 6.54 Å². The Labute approximate surface area is 127 Å². The van der Waals surface area contributed by atoms with Crippen LogP contribution in [0.1, 0.15) is 43.1 Å². The van der Waals surface area contributed by atoms with Crippen LogP contribution in [0.2, 0.25) is 0 Å². The SMILES string of the molecule is CCCNC(c1cscc1Br)c1ncccc1CC. The minimum atomic E-state index is 0.178. The van der Waals surface area contributed by atoms with Gasteiger partial charge in [-0.2, -0.15) is 11.3 Å². The molecule has 0 saturated carbocycles. The number of nitrogens with zero attached hydrogens (tertiary/aromatic N) is 1. The standard InChI is InChI=1S/C15H19BrN2S/c1-3-7-17-15(12-9-19-10-13(12)16)14-11(4-2)6-5-8-18-14/h5-6,8-10,15,17H,3-4,7H2,1-2H3. The highest BCUT2D eigenvalue weighted by atomic mass is 79.9. The van der Waals surface area contributed by atoms with Gasteiger partial charge in [-0.05, 0) is 52.3 Å². The van der Waals surface area contributed by atoms with Gasteiger partial charge in [-0.15, -0.1) is 0 Å². The molecule has 2 aromatic rings. The fourth-order valence-electron chi connectivity index (χ4n) is 2.15. The Bertz CT molecular complexity index is 524. The van der Waals surface area contributed by atoms with E-state index in [-0.39, 0.29) is 6.04 Å². The van der Waals surface area contributed by atoms with Crippen LogP contribution in [0.3, 0.4) is 0 Å². The molecule has 0 radical (unpaired) electrons. The van der Waals surface area contributed by atoms with E-state index in [0.717, 1.165) is 25.1 Å². The van der Waals surface area contributed by atoms with Crippen molar-refractivity contribution in [3.05, 3.63) is 50.4 Å². The number of halogens is 1. The maximum atomic E-state index is 4.62. The Balaban J connectivity index is 2.40. The van der Waals surface area contributed by atoms with Crippen molar-refractivity contribution >= 4 is 27.3 Å². The van der Waals surface area contributed by atoms with E-state index in [9.17, 15) is 0 Å². The van der Waals surface area contributed by atoms with Gasteiger partial charge < -0.3 is 5.32 Å². The first kappa shape index (κ1) is 14.7. The summed E-state index contributed by atoms with van der Waals surface area (Å²) in [4.78, 5) is 4.62. The molecule has 0 fully saturated rings. The van der Waals surface area contributed by atoms with Crippen LogP contribution in [-0.4, -0.2) is 11.5 Å². The predicted molar refractivity (Wildman–Crippen MR) is 85.8 cm³/mol. The van der Waals surface area contributed by atoms with Gasteiger partial charge in [0.05, 0.1) is 11.7 Å². The number of hydrogen-bond acceptors (Lipinski definition) is 3. The van der Waals surface area contributed by atoms with E-state index < -0.39 is 0 Å². The lowest BCUT2D eigenvalue weighted by molar-refractivity contribution is 0.581. The van der Waals surface area contributed by atoms with Crippen molar-refractivity contribution in [1.29, 1.82) is 0 Å². The molecule has 1 unspecified atom stereocenters. The zero-order valence-corrected chi connectivity index (χ0v) is 13.7. The van der Waals surface area contributed by atoms with E-state index in [0.29, 0.717) is 0 Å². The molecule has 2 heterocycles. The summed E-state index contributed by atoms with van der Waals surface area (Å²) >= 11 is 5.37. The van der Waals surface area contributed by atoms with Gasteiger partial charge in [0.15, 0.2) is 0 Å². The van der Waals surface area contributed by atoms with Crippen molar-refractivity contribution in [2.24, 2.45) is 0 Å². The molecule has 2 aromatic heterocycles. The highest BCUT2D eigenvalue weighted by Gasteiger charge is 2.20. The van der Waals surface area contributed by atoms with E-state index in [2.05, 4.69) is 56.9 Å². The van der Waals surface area contributed by atoms with Crippen LogP contribution >= 0.6 is 27.3 Å². The third-order valence-corrected chi connectivity index (χ3v) is 4.88. The summed E-state index contributed by atoms with van der Waals surface area (Å²) in [6.07, 6.45) is 4.01. The van der Waals surface area contributed by atoms with E-state index >= 15 is 0 Å². The van der Waals surface area contributed by atoms with Crippen LogP contribution in [0, 0.1) is 0 Å². The van der Waals surface area contributed by atoms with Crippen molar-refractivity contribution in [1.82, 2.24) is 10.3 Å². The molecule has 0 aliphatic carbocycles. The molecule has 0 aliphatic heterocycles. The second-order valence-electron chi connectivity index (χ2n) is 4.46. The normalized spacial score (nSPS) is 12.6. The molecule has 0 aromatic carbocycles. The van der Waals surface area contributed by atoms with Crippen molar-refractivity contribution < 1.29 is 0 Å². The lowest BCUT2D eigenvalue weighted by Crippen LogP contribution is -2.25. The topological polar surface area (TPSA) is 24.9 Å². The van der Waals surface area contributed by atoms with E-state index in [4.69, 9.17) is 0 Å². The maximum absolute atomic E-state index is 4.62. The van der Waals surface area contributed by atoms with Crippen LogP contribution in [0.5, 0.6) is 0 Å². The lowest BCUT2D eigenvalue weighted by atomic mass is 10.0. The summed E-state index contributed by atoms with van der Waals surface area (Å²) < 4.78 is 1.17. The summed E-state index contributed by atoms with van der Waals surface area (Å²) in [6.45, 7) is 5.36. The Morgan fingerprint density at radius 2 is 2.21 bits per heavy atom. The number of pyridine rings is 1. The Kier molecular flexibility index (Phi) is 5.55. The van der Waals surface area contributed by atoms with E-state index in [1.165, 1.54) is 15.6 Å². The zero-order chi connectivity index (χ0) is 13.7. The van der Waals surface area contributed by atoms with Gasteiger partial charge in [-0.1, -0.05) is 19.9 Å². The lowest BCUT2D eigenvalue weighted by Gasteiger charge is -2.20. The Hall–Kier alpha value is -0.710. The average Bonchev–Trinajstić information content (AvgIpc) is 2.86. The van der Waals surface area contributed by atoms with Gasteiger partial charge in [0.2, 0.25) is 0 Å². The quantitative estimate of drug-likeness (QED) is 0.835.